The van der Waals surface area contributed by atoms with Crippen molar-refractivity contribution < 1.29 is 24.3 Å². The molecule has 1 heterocycles. The highest BCUT2D eigenvalue weighted by Gasteiger charge is 2.29. The number of amides is 3. The third-order valence-corrected chi connectivity index (χ3v) is 6.58. The maximum absolute atomic E-state index is 12.9. The molecule has 3 rings (SSSR count). The van der Waals surface area contributed by atoms with Crippen molar-refractivity contribution >= 4 is 34.6 Å². The summed E-state index contributed by atoms with van der Waals surface area (Å²) in [6.45, 7) is 3.27. The molecule has 3 aromatic rings. The molecule has 3 amide bonds. The Morgan fingerprint density at radius 3 is 2.32 bits per heavy atom. The molecular formula is C28H35N5O5. The lowest BCUT2D eigenvalue weighted by molar-refractivity contribution is -0.141. The largest absolute Gasteiger partial charge is 0.480 e. The number of carbonyl (C=O) groups excluding carboxylic acids is 3. The average Bonchev–Trinajstić information content (AvgIpc) is 3.32. The average molecular weight is 522 g/mol. The molecule has 0 spiro atoms. The maximum Gasteiger partial charge on any atom is 0.326 e. The molecule has 10 nitrogen and oxygen atoms in total. The van der Waals surface area contributed by atoms with Gasteiger partial charge in [-0.05, 0) is 29.5 Å². The van der Waals surface area contributed by atoms with Crippen molar-refractivity contribution in [2.75, 3.05) is 6.54 Å². The van der Waals surface area contributed by atoms with Gasteiger partial charge in [-0.2, -0.15) is 0 Å². The lowest BCUT2D eigenvalue weighted by Gasteiger charge is -2.25. The Morgan fingerprint density at radius 2 is 1.63 bits per heavy atom. The number of benzene rings is 2. The Balaban J connectivity index is 1.56. The molecule has 0 fully saturated rings. The summed E-state index contributed by atoms with van der Waals surface area (Å²) in [7, 11) is 0. The Labute approximate surface area is 221 Å². The number of fused-ring (bicyclic) bond motifs is 1. The number of carboxylic acids is 1. The Morgan fingerprint density at radius 1 is 0.947 bits per heavy atom. The van der Waals surface area contributed by atoms with Crippen LogP contribution in [0.3, 0.4) is 0 Å². The Bertz CT molecular complexity index is 1260. The molecular weight excluding hydrogens is 486 g/mol. The first-order chi connectivity index (χ1) is 18.2. The van der Waals surface area contributed by atoms with Gasteiger partial charge >= 0.3 is 5.97 Å². The normalized spacial score (nSPS) is 14.2. The molecule has 4 atom stereocenters. The number of hydrogen-bond acceptors (Lipinski definition) is 5. The highest BCUT2D eigenvalue weighted by Crippen LogP contribution is 2.19. The van der Waals surface area contributed by atoms with E-state index in [1.807, 2.05) is 50.4 Å². The minimum Gasteiger partial charge on any atom is -0.480 e. The van der Waals surface area contributed by atoms with Crippen LogP contribution in [0, 0.1) is 5.92 Å². The number of carboxylic acid groups (broad SMARTS) is 1. The first-order valence-corrected chi connectivity index (χ1v) is 12.6. The van der Waals surface area contributed by atoms with Crippen LogP contribution in [-0.2, 0) is 32.0 Å². The fraction of sp³-hybridized carbons (Fsp3) is 0.357. The van der Waals surface area contributed by atoms with Crippen molar-refractivity contribution in [3.8, 4) is 0 Å². The van der Waals surface area contributed by atoms with Gasteiger partial charge in [-0.15, -0.1) is 0 Å². The standard InChI is InChI=1S/C28H35N5O5/c1-3-17(2)25(33-26(35)21(29)14-19-15-30-22-12-8-7-11-20(19)22)27(36)31-16-24(34)32-23(28(37)38)13-18-9-5-4-6-10-18/h4-12,15,17,21,23,25,30H,3,13-14,16,29H2,1-2H3,(H,31,36)(H,32,34)(H,33,35)(H,37,38). The van der Waals surface area contributed by atoms with E-state index in [0.717, 1.165) is 22.0 Å². The number of aromatic amines is 1. The summed E-state index contributed by atoms with van der Waals surface area (Å²) in [4.78, 5) is 53.0. The summed E-state index contributed by atoms with van der Waals surface area (Å²) < 4.78 is 0. The van der Waals surface area contributed by atoms with Crippen LogP contribution in [0.2, 0.25) is 0 Å². The van der Waals surface area contributed by atoms with E-state index in [1.54, 1.807) is 24.3 Å². The molecule has 0 saturated heterocycles. The van der Waals surface area contributed by atoms with Crippen LogP contribution >= 0.6 is 0 Å². The second kappa shape index (κ2) is 13.4. The highest BCUT2D eigenvalue weighted by molar-refractivity contribution is 5.93. The fourth-order valence-electron chi connectivity index (χ4n) is 4.16. The molecule has 1 aromatic heterocycles. The molecule has 2 aromatic carbocycles. The van der Waals surface area contributed by atoms with Crippen molar-refractivity contribution in [3.05, 3.63) is 71.9 Å². The number of H-pyrrole nitrogens is 1. The van der Waals surface area contributed by atoms with Crippen LogP contribution in [0.5, 0.6) is 0 Å². The van der Waals surface area contributed by atoms with Gasteiger partial charge in [-0.3, -0.25) is 14.4 Å². The Kier molecular flexibility index (Phi) is 10.0. The first-order valence-electron chi connectivity index (χ1n) is 12.6. The van der Waals surface area contributed by atoms with E-state index in [2.05, 4.69) is 20.9 Å². The zero-order valence-corrected chi connectivity index (χ0v) is 21.6. The summed E-state index contributed by atoms with van der Waals surface area (Å²) in [5.74, 6) is -3.08. The lowest BCUT2D eigenvalue weighted by Crippen LogP contribution is -2.56. The SMILES string of the molecule is CCC(C)C(NC(=O)C(N)Cc1c[nH]c2ccccc12)C(=O)NCC(=O)NC(Cc1ccccc1)C(=O)O. The maximum atomic E-state index is 12.9. The molecule has 4 unspecified atom stereocenters. The molecule has 202 valence electrons. The van der Waals surface area contributed by atoms with Gasteiger partial charge in [0.15, 0.2) is 0 Å². The zero-order valence-electron chi connectivity index (χ0n) is 21.6. The van der Waals surface area contributed by atoms with Crippen LogP contribution in [0.4, 0.5) is 0 Å². The number of nitrogens with two attached hydrogens (primary N) is 1. The molecule has 0 bridgehead atoms. The van der Waals surface area contributed by atoms with Crippen LogP contribution in [0.15, 0.2) is 60.8 Å². The number of aliphatic carboxylic acids is 1. The van der Waals surface area contributed by atoms with Gasteiger partial charge in [0.2, 0.25) is 17.7 Å². The Hall–Kier alpha value is -4.18. The second-order valence-corrected chi connectivity index (χ2v) is 9.41. The third-order valence-electron chi connectivity index (χ3n) is 6.58. The molecule has 38 heavy (non-hydrogen) atoms. The van der Waals surface area contributed by atoms with Gasteiger partial charge in [0.25, 0.3) is 0 Å². The molecule has 10 heteroatoms. The molecule has 0 aliphatic carbocycles. The van der Waals surface area contributed by atoms with Crippen LogP contribution in [-0.4, -0.2) is 58.5 Å². The molecule has 7 N–H and O–H groups in total. The quantitative estimate of drug-likeness (QED) is 0.199. The summed E-state index contributed by atoms with van der Waals surface area (Å²) >= 11 is 0. The third kappa shape index (κ3) is 7.66. The zero-order chi connectivity index (χ0) is 27.7. The second-order valence-electron chi connectivity index (χ2n) is 9.41. The number of aromatic nitrogens is 1. The van der Waals surface area contributed by atoms with E-state index < -0.39 is 48.4 Å². The molecule has 0 aliphatic rings. The van der Waals surface area contributed by atoms with Gasteiger partial charge in [-0.1, -0.05) is 68.8 Å². The van der Waals surface area contributed by atoms with Crippen molar-refractivity contribution in [1.29, 1.82) is 0 Å². The first kappa shape index (κ1) is 28.4. The van der Waals surface area contributed by atoms with Gasteiger partial charge in [-0.25, -0.2) is 4.79 Å². The topological polar surface area (TPSA) is 166 Å². The molecule has 0 aliphatic heterocycles. The van der Waals surface area contributed by atoms with Gasteiger partial charge in [0.1, 0.15) is 12.1 Å². The van der Waals surface area contributed by atoms with Gasteiger partial charge < -0.3 is 31.8 Å². The van der Waals surface area contributed by atoms with E-state index in [0.29, 0.717) is 6.42 Å². The number of nitrogens with one attached hydrogen (secondary N) is 4. The molecule has 0 radical (unpaired) electrons. The van der Waals surface area contributed by atoms with Crippen LogP contribution in [0.25, 0.3) is 10.9 Å². The summed E-state index contributed by atoms with van der Waals surface area (Å²) in [6.07, 6.45) is 2.80. The van der Waals surface area contributed by atoms with Gasteiger partial charge in [0, 0.05) is 23.5 Å². The minimum atomic E-state index is -1.18. The van der Waals surface area contributed by atoms with Crippen molar-refractivity contribution in [2.24, 2.45) is 11.7 Å². The number of rotatable bonds is 13. The minimum absolute atomic E-state index is 0.107. The number of para-hydroxylation sites is 1. The van der Waals surface area contributed by atoms with E-state index in [1.165, 1.54) is 0 Å². The highest BCUT2D eigenvalue weighted by atomic mass is 16.4. The van der Waals surface area contributed by atoms with Crippen LogP contribution in [0.1, 0.15) is 31.4 Å². The molecule has 0 saturated carbocycles. The van der Waals surface area contributed by atoms with E-state index in [4.69, 9.17) is 5.73 Å². The van der Waals surface area contributed by atoms with E-state index in [-0.39, 0.29) is 18.8 Å². The summed E-state index contributed by atoms with van der Waals surface area (Å²) in [5, 5.41) is 18.2. The van der Waals surface area contributed by atoms with Crippen molar-refractivity contribution in [3.63, 3.8) is 0 Å². The van der Waals surface area contributed by atoms with Crippen molar-refractivity contribution in [1.82, 2.24) is 20.9 Å². The van der Waals surface area contributed by atoms with E-state index in [9.17, 15) is 24.3 Å². The van der Waals surface area contributed by atoms with Gasteiger partial charge in [0.05, 0.1) is 12.6 Å². The van der Waals surface area contributed by atoms with Crippen molar-refractivity contribution in [2.45, 2.75) is 51.2 Å². The summed E-state index contributed by atoms with van der Waals surface area (Å²) in [6, 6.07) is 13.7. The van der Waals surface area contributed by atoms with E-state index >= 15 is 0 Å². The van der Waals surface area contributed by atoms with Crippen LogP contribution < -0.4 is 21.7 Å². The lowest BCUT2D eigenvalue weighted by atomic mass is 9.97. The predicted octanol–water partition coefficient (Wildman–Crippen LogP) is 1.50. The monoisotopic (exact) mass is 521 g/mol. The predicted molar refractivity (Wildman–Crippen MR) is 144 cm³/mol. The number of carbonyl (C=O) groups is 4. The summed E-state index contributed by atoms with van der Waals surface area (Å²) in [5.41, 5.74) is 8.78. The smallest absolute Gasteiger partial charge is 0.326 e. The number of hydrogen-bond donors (Lipinski definition) is 6. The fourth-order valence-corrected chi connectivity index (χ4v) is 4.16.